The summed E-state index contributed by atoms with van der Waals surface area (Å²) in [6.45, 7) is 0.320. The number of hydrogen-bond donors (Lipinski definition) is 2. The molecule has 1 saturated heterocycles. The highest BCUT2D eigenvalue weighted by Gasteiger charge is 2.30. The van der Waals surface area contributed by atoms with Gasteiger partial charge < -0.3 is 14.9 Å². The molecule has 0 atom stereocenters. The van der Waals surface area contributed by atoms with E-state index < -0.39 is 17.8 Å². The van der Waals surface area contributed by atoms with Crippen LogP contribution in [0.25, 0.3) is 0 Å². The van der Waals surface area contributed by atoms with Gasteiger partial charge in [0.25, 0.3) is 5.91 Å². The third-order valence-corrected chi connectivity index (χ3v) is 3.03. The van der Waals surface area contributed by atoms with E-state index in [4.69, 9.17) is 5.11 Å². The maximum atomic E-state index is 11.7. The smallest absolute Gasteiger partial charge is 0.409 e. The highest BCUT2D eigenvalue weighted by Crippen LogP contribution is 2.29. The summed E-state index contributed by atoms with van der Waals surface area (Å²) in [6.07, 6.45) is -0.997. The zero-order valence-corrected chi connectivity index (χ0v) is 11.2. The van der Waals surface area contributed by atoms with Crippen LogP contribution < -0.4 is 15.1 Å². The van der Waals surface area contributed by atoms with Crippen LogP contribution in [0.4, 0.5) is 21.9 Å². The molecule has 106 valence electrons. The first kappa shape index (κ1) is 13.9. The van der Waals surface area contributed by atoms with Gasteiger partial charge in [-0.3, -0.25) is 14.9 Å². The lowest BCUT2D eigenvalue weighted by Gasteiger charge is -2.20. The Morgan fingerprint density at radius 2 is 2.00 bits per heavy atom. The Hall–Kier alpha value is -2.57. The lowest BCUT2D eigenvalue weighted by atomic mass is 10.2. The van der Waals surface area contributed by atoms with E-state index in [0.717, 1.165) is 5.69 Å². The van der Waals surface area contributed by atoms with E-state index in [1.807, 2.05) is 0 Å². The number of amides is 2. The second-order valence-corrected chi connectivity index (χ2v) is 4.69. The van der Waals surface area contributed by atoms with Crippen LogP contribution in [0.3, 0.4) is 0 Å². The van der Waals surface area contributed by atoms with Gasteiger partial charge in [-0.15, -0.1) is 0 Å². The predicted molar refractivity (Wildman–Crippen MR) is 74.4 cm³/mol. The van der Waals surface area contributed by atoms with E-state index in [9.17, 15) is 14.4 Å². The second kappa shape index (κ2) is 5.20. The van der Waals surface area contributed by atoms with Crippen molar-refractivity contribution in [2.45, 2.75) is 6.42 Å². The third kappa shape index (κ3) is 2.71. The number of anilines is 3. The Bertz CT molecular complexity index is 583. The lowest BCUT2D eigenvalue weighted by molar-refractivity contribution is -0.133. The highest BCUT2D eigenvalue weighted by atomic mass is 16.4. The highest BCUT2D eigenvalue weighted by molar-refractivity contribution is 6.43. The minimum Gasteiger partial charge on any atom is -0.465 e. The molecule has 1 heterocycles. The number of rotatable bonds is 3. The first-order valence-corrected chi connectivity index (χ1v) is 6.05. The van der Waals surface area contributed by atoms with Gasteiger partial charge in [0.1, 0.15) is 0 Å². The van der Waals surface area contributed by atoms with E-state index in [2.05, 4.69) is 5.32 Å². The summed E-state index contributed by atoms with van der Waals surface area (Å²) in [6, 6.07) is 4.93. The number of hydrogen-bond acceptors (Lipinski definition) is 4. The van der Waals surface area contributed by atoms with Crippen LogP contribution in [0.2, 0.25) is 0 Å². The third-order valence-electron chi connectivity index (χ3n) is 3.03. The zero-order chi connectivity index (χ0) is 14.9. The minimum atomic E-state index is -1.18. The molecule has 1 aliphatic heterocycles. The lowest BCUT2D eigenvalue weighted by Crippen LogP contribution is -2.27. The van der Waals surface area contributed by atoms with Crippen molar-refractivity contribution in [3.63, 3.8) is 0 Å². The van der Waals surface area contributed by atoms with Crippen LogP contribution in [0.15, 0.2) is 18.2 Å². The van der Waals surface area contributed by atoms with Crippen LogP contribution in [-0.4, -0.2) is 43.5 Å². The molecule has 2 N–H and O–H groups in total. The van der Waals surface area contributed by atoms with Gasteiger partial charge in [-0.2, -0.15) is 0 Å². The summed E-state index contributed by atoms with van der Waals surface area (Å²) in [5.74, 6) is -0.977. The first-order chi connectivity index (χ1) is 9.38. The second-order valence-electron chi connectivity index (χ2n) is 4.69. The van der Waals surface area contributed by atoms with E-state index in [1.54, 1.807) is 31.1 Å². The Balaban J connectivity index is 2.41. The Morgan fingerprint density at radius 3 is 2.50 bits per heavy atom. The minimum absolute atomic E-state index is 0.187. The van der Waals surface area contributed by atoms with Gasteiger partial charge >= 0.3 is 6.09 Å². The summed E-state index contributed by atoms with van der Waals surface area (Å²) in [7, 11) is 3.61. The van der Waals surface area contributed by atoms with Crippen molar-refractivity contribution in [3.05, 3.63) is 18.2 Å². The number of Topliss-reactive ketones (excluding diaryl/α,β-unsaturated/α-hetero) is 1. The molecule has 7 nitrogen and oxygen atoms in total. The van der Waals surface area contributed by atoms with Crippen LogP contribution in [0, 0.1) is 0 Å². The van der Waals surface area contributed by atoms with E-state index >= 15 is 0 Å². The van der Waals surface area contributed by atoms with Crippen molar-refractivity contribution in [2.24, 2.45) is 0 Å². The summed E-state index contributed by atoms with van der Waals surface area (Å²) in [5.41, 5.74) is 1.60. The molecule has 1 aliphatic rings. The van der Waals surface area contributed by atoms with Gasteiger partial charge in [0.05, 0.1) is 0 Å². The molecular weight excluding hydrogens is 262 g/mol. The molecule has 1 aromatic rings. The molecule has 2 amide bonds. The van der Waals surface area contributed by atoms with Crippen LogP contribution >= 0.6 is 0 Å². The van der Waals surface area contributed by atoms with E-state index in [-0.39, 0.29) is 6.42 Å². The molecule has 20 heavy (non-hydrogen) atoms. The quantitative estimate of drug-likeness (QED) is 0.809. The van der Waals surface area contributed by atoms with Gasteiger partial charge in [-0.1, -0.05) is 0 Å². The largest absolute Gasteiger partial charge is 0.465 e. The molecule has 0 bridgehead atoms. The Kier molecular flexibility index (Phi) is 3.60. The Labute approximate surface area is 115 Å². The number of carboxylic acid groups (broad SMARTS) is 1. The normalized spacial score (nSPS) is 14.6. The molecule has 0 spiro atoms. The summed E-state index contributed by atoms with van der Waals surface area (Å²) in [4.78, 5) is 37.0. The summed E-state index contributed by atoms with van der Waals surface area (Å²) < 4.78 is 0. The molecule has 2 rings (SSSR count). The monoisotopic (exact) mass is 277 g/mol. The van der Waals surface area contributed by atoms with Gasteiger partial charge in [-0.25, -0.2) is 4.79 Å². The standard InChI is InChI=1S/C13H15N3O4/c1-15(2)9-5-8(14-13(19)20)6-10(7-9)16-4-3-11(17)12(16)18/h5-7,14H,3-4H2,1-2H3,(H,19,20). The number of carbonyl (C=O) groups is 3. The maximum Gasteiger partial charge on any atom is 0.409 e. The van der Waals surface area contributed by atoms with Gasteiger partial charge in [0, 0.05) is 44.1 Å². The van der Waals surface area contributed by atoms with Gasteiger partial charge in [-0.05, 0) is 18.2 Å². The number of benzene rings is 1. The maximum absolute atomic E-state index is 11.7. The zero-order valence-electron chi connectivity index (χ0n) is 11.2. The van der Waals surface area contributed by atoms with Crippen molar-refractivity contribution >= 4 is 34.8 Å². The predicted octanol–water partition coefficient (Wildman–Crippen LogP) is 1.15. The molecule has 7 heteroatoms. The molecule has 0 radical (unpaired) electrons. The molecule has 1 fully saturated rings. The van der Waals surface area contributed by atoms with Gasteiger partial charge in [0.15, 0.2) is 0 Å². The summed E-state index contributed by atoms with van der Waals surface area (Å²) in [5, 5.41) is 11.0. The van der Waals surface area contributed by atoms with E-state index in [1.165, 1.54) is 11.0 Å². The molecule has 0 aliphatic carbocycles. The number of nitrogens with zero attached hydrogens (tertiary/aromatic N) is 2. The van der Waals surface area contributed by atoms with Gasteiger partial charge in [0.2, 0.25) is 5.78 Å². The van der Waals surface area contributed by atoms with Crippen molar-refractivity contribution in [1.82, 2.24) is 0 Å². The Morgan fingerprint density at radius 1 is 1.30 bits per heavy atom. The van der Waals surface area contributed by atoms with Crippen molar-refractivity contribution in [1.29, 1.82) is 0 Å². The number of nitrogens with one attached hydrogen (secondary N) is 1. The average Bonchev–Trinajstić information content (AvgIpc) is 2.68. The molecule has 0 aromatic heterocycles. The fraction of sp³-hybridized carbons (Fsp3) is 0.308. The number of carbonyl (C=O) groups excluding carboxylic acids is 2. The number of ketones is 1. The van der Waals surface area contributed by atoms with Crippen molar-refractivity contribution < 1.29 is 19.5 Å². The van der Waals surface area contributed by atoms with Crippen molar-refractivity contribution in [2.75, 3.05) is 35.8 Å². The summed E-state index contributed by atoms with van der Waals surface area (Å²) >= 11 is 0. The molecule has 0 unspecified atom stereocenters. The SMILES string of the molecule is CN(C)c1cc(NC(=O)O)cc(N2CCC(=O)C2=O)c1. The first-order valence-electron chi connectivity index (χ1n) is 6.05. The topological polar surface area (TPSA) is 90.0 Å². The fourth-order valence-electron chi connectivity index (χ4n) is 2.02. The molecular formula is C13H15N3O4. The van der Waals surface area contributed by atoms with Crippen LogP contribution in [0.5, 0.6) is 0 Å². The average molecular weight is 277 g/mol. The molecule has 1 aromatic carbocycles. The van der Waals surface area contributed by atoms with Crippen LogP contribution in [-0.2, 0) is 9.59 Å². The van der Waals surface area contributed by atoms with E-state index in [0.29, 0.717) is 17.9 Å². The molecule has 0 saturated carbocycles. The van der Waals surface area contributed by atoms with Crippen LogP contribution in [0.1, 0.15) is 6.42 Å². The fourth-order valence-corrected chi connectivity index (χ4v) is 2.02. The van der Waals surface area contributed by atoms with Crippen molar-refractivity contribution in [3.8, 4) is 0 Å².